The van der Waals surface area contributed by atoms with Crippen LogP contribution in [-0.2, 0) is 12.8 Å². The summed E-state index contributed by atoms with van der Waals surface area (Å²) in [5.74, 6) is 0. The third kappa shape index (κ3) is 1.16. The van der Waals surface area contributed by atoms with Crippen molar-refractivity contribution >= 4 is 5.52 Å². The van der Waals surface area contributed by atoms with Crippen molar-refractivity contribution in [1.82, 2.24) is 4.40 Å². The van der Waals surface area contributed by atoms with Gasteiger partial charge in [-0.3, -0.25) is 0 Å². The SMILES string of the molecule is N#Cc1ccn2ccc3c(c12)CCCC3. The molecule has 2 aromatic rings. The van der Waals surface area contributed by atoms with Gasteiger partial charge in [-0.25, -0.2) is 0 Å². The Kier molecular flexibility index (Phi) is 1.78. The molecule has 0 bridgehead atoms. The number of aromatic nitrogens is 1. The Hall–Kier alpha value is -1.75. The minimum absolute atomic E-state index is 0.814. The van der Waals surface area contributed by atoms with E-state index in [4.69, 9.17) is 5.26 Å². The van der Waals surface area contributed by atoms with E-state index in [0.29, 0.717) is 0 Å². The normalized spacial score (nSPS) is 14.9. The van der Waals surface area contributed by atoms with Crippen LogP contribution in [0.3, 0.4) is 0 Å². The second-order valence-electron chi connectivity index (χ2n) is 4.12. The fourth-order valence-corrected chi connectivity index (χ4v) is 2.53. The highest BCUT2D eigenvalue weighted by atomic mass is 14.9. The molecule has 74 valence electrons. The lowest BCUT2D eigenvalue weighted by Crippen LogP contribution is -2.05. The number of nitriles is 1. The molecule has 0 radical (unpaired) electrons. The van der Waals surface area contributed by atoms with Crippen LogP contribution < -0.4 is 0 Å². The third-order valence-corrected chi connectivity index (χ3v) is 3.27. The highest BCUT2D eigenvalue weighted by molar-refractivity contribution is 5.68. The average molecular weight is 196 g/mol. The highest BCUT2D eigenvalue weighted by Crippen LogP contribution is 2.27. The summed E-state index contributed by atoms with van der Waals surface area (Å²) < 4.78 is 2.07. The lowest BCUT2D eigenvalue weighted by Gasteiger charge is -2.17. The van der Waals surface area contributed by atoms with Gasteiger partial charge in [0.15, 0.2) is 0 Å². The summed E-state index contributed by atoms with van der Waals surface area (Å²) in [7, 11) is 0. The summed E-state index contributed by atoms with van der Waals surface area (Å²) in [5, 5.41) is 9.06. The quantitative estimate of drug-likeness (QED) is 0.636. The molecule has 2 heterocycles. The van der Waals surface area contributed by atoms with Gasteiger partial charge in [-0.05, 0) is 48.9 Å². The maximum absolute atomic E-state index is 9.06. The number of fused-ring (bicyclic) bond motifs is 3. The Morgan fingerprint density at radius 2 is 1.93 bits per heavy atom. The van der Waals surface area contributed by atoms with Crippen molar-refractivity contribution in [1.29, 1.82) is 5.26 Å². The molecule has 0 amide bonds. The molecule has 0 saturated heterocycles. The Morgan fingerprint density at radius 3 is 2.80 bits per heavy atom. The van der Waals surface area contributed by atoms with Crippen LogP contribution in [0.15, 0.2) is 24.5 Å². The molecule has 0 fully saturated rings. The molecule has 1 aliphatic carbocycles. The van der Waals surface area contributed by atoms with Gasteiger partial charge in [-0.1, -0.05) is 0 Å². The molecule has 3 rings (SSSR count). The second kappa shape index (κ2) is 3.13. The van der Waals surface area contributed by atoms with E-state index in [1.807, 2.05) is 12.3 Å². The third-order valence-electron chi connectivity index (χ3n) is 3.27. The van der Waals surface area contributed by atoms with Crippen LogP contribution in [0.5, 0.6) is 0 Å². The first kappa shape index (κ1) is 8.55. The van der Waals surface area contributed by atoms with Gasteiger partial charge in [0, 0.05) is 12.4 Å². The average Bonchev–Trinajstić information content (AvgIpc) is 2.72. The minimum atomic E-state index is 0.814. The van der Waals surface area contributed by atoms with Gasteiger partial charge in [0.1, 0.15) is 6.07 Å². The van der Waals surface area contributed by atoms with Crippen molar-refractivity contribution < 1.29 is 0 Å². The van der Waals surface area contributed by atoms with Crippen LogP contribution >= 0.6 is 0 Å². The monoisotopic (exact) mass is 196 g/mol. The molecule has 0 saturated carbocycles. The molecule has 2 nitrogen and oxygen atoms in total. The van der Waals surface area contributed by atoms with E-state index < -0.39 is 0 Å². The first-order chi connectivity index (χ1) is 7.40. The van der Waals surface area contributed by atoms with Crippen molar-refractivity contribution in [2.75, 3.05) is 0 Å². The molecule has 0 aliphatic heterocycles. The molecular formula is C13H12N2. The van der Waals surface area contributed by atoms with Gasteiger partial charge < -0.3 is 4.40 Å². The Balaban J connectivity index is 2.39. The van der Waals surface area contributed by atoms with Gasteiger partial charge in [0.2, 0.25) is 0 Å². The summed E-state index contributed by atoms with van der Waals surface area (Å²) in [6.45, 7) is 0. The molecule has 0 unspecified atom stereocenters. The van der Waals surface area contributed by atoms with Crippen LogP contribution in [0.1, 0.15) is 29.5 Å². The molecule has 1 aliphatic rings. The number of aryl methyl sites for hydroxylation is 2. The minimum Gasteiger partial charge on any atom is -0.322 e. The van der Waals surface area contributed by atoms with E-state index in [1.54, 1.807) is 0 Å². The summed E-state index contributed by atoms with van der Waals surface area (Å²) in [6.07, 6.45) is 8.87. The number of hydrogen-bond acceptors (Lipinski definition) is 1. The summed E-state index contributed by atoms with van der Waals surface area (Å²) in [5.41, 5.74) is 4.78. The van der Waals surface area contributed by atoms with Gasteiger partial charge in [0.25, 0.3) is 0 Å². The van der Waals surface area contributed by atoms with Crippen molar-refractivity contribution in [2.24, 2.45) is 0 Å². The van der Waals surface area contributed by atoms with Crippen LogP contribution in [0.4, 0.5) is 0 Å². The zero-order valence-electron chi connectivity index (χ0n) is 8.53. The molecule has 0 spiro atoms. The standard InChI is InChI=1S/C13H12N2/c14-9-11-6-8-15-7-5-10-3-1-2-4-12(10)13(11)15/h5-8H,1-4H2. The van der Waals surface area contributed by atoms with Crippen LogP contribution in [0.2, 0.25) is 0 Å². The predicted octanol–water partition coefficient (Wildman–Crippen LogP) is 2.69. The Bertz CT molecular complexity index is 558. The van der Waals surface area contributed by atoms with E-state index >= 15 is 0 Å². The van der Waals surface area contributed by atoms with E-state index in [2.05, 4.69) is 22.7 Å². The Morgan fingerprint density at radius 1 is 1.13 bits per heavy atom. The van der Waals surface area contributed by atoms with Crippen molar-refractivity contribution in [3.63, 3.8) is 0 Å². The number of hydrogen-bond donors (Lipinski definition) is 0. The van der Waals surface area contributed by atoms with Gasteiger partial charge in [-0.2, -0.15) is 5.26 Å². The summed E-state index contributed by atoms with van der Waals surface area (Å²) in [4.78, 5) is 0. The summed E-state index contributed by atoms with van der Waals surface area (Å²) in [6, 6.07) is 6.38. The summed E-state index contributed by atoms with van der Waals surface area (Å²) >= 11 is 0. The van der Waals surface area contributed by atoms with Crippen molar-refractivity contribution in [3.05, 3.63) is 41.2 Å². The zero-order chi connectivity index (χ0) is 10.3. The predicted molar refractivity (Wildman–Crippen MR) is 58.8 cm³/mol. The Labute approximate surface area is 88.8 Å². The van der Waals surface area contributed by atoms with Crippen molar-refractivity contribution in [2.45, 2.75) is 25.7 Å². The van der Waals surface area contributed by atoms with E-state index in [0.717, 1.165) is 17.5 Å². The molecule has 0 atom stereocenters. The first-order valence-corrected chi connectivity index (χ1v) is 5.41. The maximum atomic E-state index is 9.06. The lowest BCUT2D eigenvalue weighted by atomic mass is 9.91. The molecule has 2 heteroatoms. The number of rotatable bonds is 0. The maximum Gasteiger partial charge on any atom is 0.101 e. The topological polar surface area (TPSA) is 28.2 Å². The second-order valence-corrected chi connectivity index (χ2v) is 4.12. The molecule has 0 N–H and O–H groups in total. The van der Waals surface area contributed by atoms with Gasteiger partial charge in [-0.15, -0.1) is 0 Å². The van der Waals surface area contributed by atoms with Crippen LogP contribution in [0.25, 0.3) is 5.52 Å². The molecular weight excluding hydrogens is 184 g/mol. The molecule has 15 heavy (non-hydrogen) atoms. The zero-order valence-corrected chi connectivity index (χ0v) is 8.53. The highest BCUT2D eigenvalue weighted by Gasteiger charge is 2.14. The van der Waals surface area contributed by atoms with Gasteiger partial charge in [0.05, 0.1) is 11.1 Å². The van der Waals surface area contributed by atoms with E-state index in [9.17, 15) is 0 Å². The van der Waals surface area contributed by atoms with Crippen LogP contribution in [0, 0.1) is 11.3 Å². The smallest absolute Gasteiger partial charge is 0.101 e. The largest absolute Gasteiger partial charge is 0.322 e. The molecule has 2 aromatic heterocycles. The number of nitrogens with zero attached hydrogens (tertiary/aromatic N) is 2. The fraction of sp³-hybridized carbons (Fsp3) is 0.308. The van der Waals surface area contributed by atoms with Crippen molar-refractivity contribution in [3.8, 4) is 6.07 Å². The lowest BCUT2D eigenvalue weighted by molar-refractivity contribution is 0.686. The number of pyridine rings is 1. The van der Waals surface area contributed by atoms with Crippen LogP contribution in [-0.4, -0.2) is 4.40 Å². The first-order valence-electron chi connectivity index (χ1n) is 5.41. The fourth-order valence-electron chi connectivity index (χ4n) is 2.53. The van der Waals surface area contributed by atoms with E-state index in [-0.39, 0.29) is 0 Å². The van der Waals surface area contributed by atoms with E-state index in [1.165, 1.54) is 30.4 Å². The van der Waals surface area contributed by atoms with Gasteiger partial charge >= 0.3 is 0 Å². The molecule has 0 aromatic carbocycles.